The molecule has 0 unspecified atom stereocenters. The third-order valence-corrected chi connectivity index (χ3v) is 6.08. The molecule has 1 N–H and O–H groups in total. The summed E-state index contributed by atoms with van der Waals surface area (Å²) >= 11 is 6.08. The molecule has 0 aliphatic carbocycles. The number of carbonyl (C=O) groups is 2. The van der Waals surface area contributed by atoms with Gasteiger partial charge in [-0.05, 0) is 47.0 Å². The molecule has 2 amide bonds. The van der Waals surface area contributed by atoms with E-state index in [1.807, 2.05) is 72.8 Å². The number of nitrogens with zero attached hydrogens (tertiary/aromatic N) is 2. The summed E-state index contributed by atoms with van der Waals surface area (Å²) in [6.45, 7) is 0.339. The van der Waals surface area contributed by atoms with E-state index in [1.54, 1.807) is 41.6 Å². The second-order valence-corrected chi connectivity index (χ2v) is 8.97. The molecule has 4 rings (SSSR count). The Labute approximate surface area is 221 Å². The molecule has 0 aliphatic heterocycles. The van der Waals surface area contributed by atoms with Gasteiger partial charge in [-0.15, -0.1) is 0 Å². The van der Waals surface area contributed by atoms with Crippen molar-refractivity contribution in [2.24, 2.45) is 0 Å². The molecule has 1 aromatic heterocycles. The van der Waals surface area contributed by atoms with Crippen molar-refractivity contribution in [1.29, 1.82) is 0 Å². The Bertz CT molecular complexity index is 1270. The average molecular weight is 514 g/mol. The lowest BCUT2D eigenvalue weighted by molar-refractivity contribution is -0.142. The van der Waals surface area contributed by atoms with Gasteiger partial charge in [0.15, 0.2) is 6.61 Å². The number of hydrogen-bond donors (Lipinski definition) is 1. The fourth-order valence-electron chi connectivity index (χ4n) is 3.89. The van der Waals surface area contributed by atoms with Crippen molar-refractivity contribution < 1.29 is 14.3 Å². The molecule has 6 nitrogen and oxygen atoms in total. The van der Waals surface area contributed by atoms with E-state index in [-0.39, 0.29) is 25.0 Å². The standard InChI is InChI=1S/C30H28ClN3O3/c31-26-15-13-24(14-16-26)21-34(29(35)22-37-27-11-5-2-6-12-27)28(18-23-8-3-1-4-9-23)30(36)33-20-25-10-7-17-32-19-25/h1-17,19,28H,18,20-22H2,(H,33,36)/t28-/m0/s1. The highest BCUT2D eigenvalue weighted by atomic mass is 35.5. The van der Waals surface area contributed by atoms with Crippen LogP contribution in [0.3, 0.4) is 0 Å². The van der Waals surface area contributed by atoms with Crippen molar-refractivity contribution in [2.45, 2.75) is 25.6 Å². The summed E-state index contributed by atoms with van der Waals surface area (Å²) in [5.41, 5.74) is 2.68. The number of pyridine rings is 1. The lowest BCUT2D eigenvalue weighted by Gasteiger charge is -2.31. The summed E-state index contributed by atoms with van der Waals surface area (Å²) in [7, 11) is 0. The van der Waals surface area contributed by atoms with E-state index in [4.69, 9.17) is 16.3 Å². The first-order valence-electron chi connectivity index (χ1n) is 12.0. The van der Waals surface area contributed by atoms with E-state index in [0.29, 0.717) is 23.7 Å². The molecular weight excluding hydrogens is 486 g/mol. The van der Waals surface area contributed by atoms with Gasteiger partial charge in [-0.2, -0.15) is 0 Å². The third-order valence-electron chi connectivity index (χ3n) is 5.83. The van der Waals surface area contributed by atoms with E-state index >= 15 is 0 Å². The number of amides is 2. The van der Waals surface area contributed by atoms with Crippen molar-refractivity contribution in [3.63, 3.8) is 0 Å². The quantitative estimate of drug-likeness (QED) is 0.304. The van der Waals surface area contributed by atoms with Crippen molar-refractivity contribution in [3.8, 4) is 5.75 Å². The SMILES string of the molecule is O=C(NCc1cccnc1)[C@H](Cc1ccccc1)N(Cc1ccc(Cl)cc1)C(=O)COc1ccccc1. The van der Waals surface area contributed by atoms with Crippen molar-refractivity contribution in [2.75, 3.05) is 6.61 Å². The molecule has 0 fully saturated rings. The van der Waals surface area contributed by atoms with Crippen LogP contribution in [-0.4, -0.2) is 34.3 Å². The van der Waals surface area contributed by atoms with Gasteiger partial charge in [-0.3, -0.25) is 14.6 Å². The van der Waals surface area contributed by atoms with Crippen molar-refractivity contribution >= 4 is 23.4 Å². The maximum Gasteiger partial charge on any atom is 0.261 e. The Balaban J connectivity index is 1.60. The Morgan fingerprint density at radius 3 is 2.19 bits per heavy atom. The van der Waals surface area contributed by atoms with Crippen LogP contribution in [0.25, 0.3) is 0 Å². The van der Waals surface area contributed by atoms with Crippen LogP contribution >= 0.6 is 11.6 Å². The first-order valence-corrected chi connectivity index (χ1v) is 12.4. The van der Waals surface area contributed by atoms with Crippen molar-refractivity contribution in [3.05, 3.63) is 131 Å². The molecule has 188 valence electrons. The minimum Gasteiger partial charge on any atom is -0.484 e. The smallest absolute Gasteiger partial charge is 0.261 e. The van der Waals surface area contributed by atoms with Gasteiger partial charge in [0.05, 0.1) is 0 Å². The average Bonchev–Trinajstić information content (AvgIpc) is 2.95. The van der Waals surface area contributed by atoms with Gasteiger partial charge in [0.2, 0.25) is 5.91 Å². The molecule has 7 heteroatoms. The molecule has 0 aliphatic rings. The highest BCUT2D eigenvalue weighted by Gasteiger charge is 2.30. The van der Waals surface area contributed by atoms with E-state index in [1.165, 1.54) is 0 Å². The number of para-hydroxylation sites is 1. The molecule has 0 saturated carbocycles. The summed E-state index contributed by atoms with van der Waals surface area (Å²) in [6, 6.07) is 29.0. The first-order chi connectivity index (χ1) is 18.1. The van der Waals surface area contributed by atoms with E-state index in [2.05, 4.69) is 10.3 Å². The Kier molecular flexibility index (Phi) is 9.27. The van der Waals surface area contributed by atoms with Gasteiger partial charge in [0, 0.05) is 36.9 Å². The molecule has 1 atom stereocenters. The van der Waals surface area contributed by atoms with Crippen LogP contribution in [0.5, 0.6) is 5.75 Å². The van der Waals surface area contributed by atoms with E-state index in [0.717, 1.165) is 16.7 Å². The maximum atomic E-state index is 13.6. The van der Waals surface area contributed by atoms with Gasteiger partial charge in [0.1, 0.15) is 11.8 Å². The lowest BCUT2D eigenvalue weighted by atomic mass is 10.0. The largest absolute Gasteiger partial charge is 0.484 e. The predicted molar refractivity (Wildman–Crippen MR) is 144 cm³/mol. The van der Waals surface area contributed by atoms with Crippen LogP contribution in [0.4, 0.5) is 0 Å². The minimum atomic E-state index is -0.762. The van der Waals surface area contributed by atoms with Crippen LogP contribution in [0.2, 0.25) is 5.02 Å². The molecule has 0 radical (unpaired) electrons. The number of nitrogens with one attached hydrogen (secondary N) is 1. The summed E-state index contributed by atoms with van der Waals surface area (Å²) in [4.78, 5) is 32.9. The fraction of sp³-hybridized carbons (Fsp3) is 0.167. The zero-order valence-corrected chi connectivity index (χ0v) is 21.1. The van der Waals surface area contributed by atoms with Gasteiger partial charge in [-0.25, -0.2) is 0 Å². The predicted octanol–water partition coefficient (Wildman–Crippen LogP) is 5.07. The summed E-state index contributed by atoms with van der Waals surface area (Å²) in [5, 5.41) is 3.59. The summed E-state index contributed by atoms with van der Waals surface area (Å²) < 4.78 is 5.76. The summed E-state index contributed by atoms with van der Waals surface area (Å²) in [5.74, 6) is 0.0360. The molecule has 0 spiro atoms. The highest BCUT2D eigenvalue weighted by molar-refractivity contribution is 6.30. The van der Waals surface area contributed by atoms with Crippen molar-refractivity contribution in [1.82, 2.24) is 15.2 Å². The Hall–Kier alpha value is -4.16. The topological polar surface area (TPSA) is 71.5 Å². The minimum absolute atomic E-state index is 0.196. The molecular formula is C30H28ClN3O3. The first kappa shape index (κ1) is 25.9. The van der Waals surface area contributed by atoms with Gasteiger partial charge < -0.3 is 15.0 Å². The maximum absolute atomic E-state index is 13.6. The molecule has 0 bridgehead atoms. The molecule has 1 heterocycles. The van der Waals surface area contributed by atoms with Crippen LogP contribution in [0.15, 0.2) is 109 Å². The Morgan fingerprint density at radius 2 is 1.51 bits per heavy atom. The number of ether oxygens (including phenoxy) is 1. The second-order valence-electron chi connectivity index (χ2n) is 8.53. The lowest BCUT2D eigenvalue weighted by Crippen LogP contribution is -2.51. The number of rotatable bonds is 11. The third kappa shape index (κ3) is 7.92. The Morgan fingerprint density at radius 1 is 0.838 bits per heavy atom. The van der Waals surface area contributed by atoms with E-state index in [9.17, 15) is 9.59 Å². The van der Waals surface area contributed by atoms with Gasteiger partial charge in [0.25, 0.3) is 5.91 Å². The monoisotopic (exact) mass is 513 g/mol. The van der Waals surface area contributed by atoms with Gasteiger partial charge in [-0.1, -0.05) is 78.3 Å². The summed E-state index contributed by atoms with van der Waals surface area (Å²) in [6.07, 6.45) is 3.74. The zero-order chi connectivity index (χ0) is 25.9. The van der Waals surface area contributed by atoms with Crippen LogP contribution < -0.4 is 10.1 Å². The second kappa shape index (κ2) is 13.2. The van der Waals surface area contributed by atoms with Crippen LogP contribution in [0, 0.1) is 0 Å². The molecule has 37 heavy (non-hydrogen) atoms. The molecule has 4 aromatic rings. The zero-order valence-electron chi connectivity index (χ0n) is 20.3. The number of halogens is 1. The molecule has 3 aromatic carbocycles. The highest BCUT2D eigenvalue weighted by Crippen LogP contribution is 2.18. The number of benzene rings is 3. The normalized spacial score (nSPS) is 11.4. The number of carbonyl (C=O) groups excluding carboxylic acids is 2. The van der Waals surface area contributed by atoms with Crippen LogP contribution in [-0.2, 0) is 29.1 Å². The number of aromatic nitrogens is 1. The number of hydrogen-bond acceptors (Lipinski definition) is 4. The van der Waals surface area contributed by atoms with Crippen LogP contribution in [0.1, 0.15) is 16.7 Å². The van der Waals surface area contributed by atoms with E-state index < -0.39 is 6.04 Å². The fourth-order valence-corrected chi connectivity index (χ4v) is 4.02. The van der Waals surface area contributed by atoms with Gasteiger partial charge >= 0.3 is 0 Å². The molecule has 0 saturated heterocycles.